The van der Waals surface area contributed by atoms with Gasteiger partial charge in [-0.25, -0.2) is 13.2 Å². The van der Waals surface area contributed by atoms with Gasteiger partial charge in [-0.05, 0) is 42.8 Å². The van der Waals surface area contributed by atoms with Crippen molar-refractivity contribution in [1.29, 1.82) is 0 Å². The van der Waals surface area contributed by atoms with Crippen molar-refractivity contribution in [3.8, 4) is 0 Å². The fourth-order valence-electron chi connectivity index (χ4n) is 2.24. The van der Waals surface area contributed by atoms with Gasteiger partial charge in [-0.3, -0.25) is 0 Å². The number of nitrogens with one attached hydrogen (secondary N) is 1. The van der Waals surface area contributed by atoms with E-state index in [0.29, 0.717) is 18.5 Å². The third kappa shape index (κ3) is 3.61. The van der Waals surface area contributed by atoms with Gasteiger partial charge in [-0.1, -0.05) is 18.2 Å². The molecule has 0 saturated heterocycles. The Labute approximate surface area is 116 Å². The van der Waals surface area contributed by atoms with Crippen LogP contribution in [-0.2, 0) is 6.42 Å². The summed E-state index contributed by atoms with van der Waals surface area (Å²) in [6.07, 6.45) is 0.429. The van der Waals surface area contributed by atoms with Crippen molar-refractivity contribution in [2.75, 3.05) is 13.6 Å². The molecule has 0 radical (unpaired) electrons. The van der Waals surface area contributed by atoms with Crippen LogP contribution in [0.25, 0.3) is 0 Å². The molecule has 0 amide bonds. The van der Waals surface area contributed by atoms with E-state index in [-0.39, 0.29) is 11.7 Å². The first-order valence-corrected chi connectivity index (χ1v) is 6.44. The minimum atomic E-state index is -0.585. The molecule has 0 spiro atoms. The Morgan fingerprint density at radius 3 is 2.20 bits per heavy atom. The monoisotopic (exact) mass is 279 g/mol. The van der Waals surface area contributed by atoms with Gasteiger partial charge in [0, 0.05) is 18.5 Å². The molecular weight excluding hydrogens is 263 g/mol. The standard InChI is InChI=1S/C16H16F3N/c1-20-10-13(11-2-5-14(17)6-3-11)8-12-4-7-15(18)9-16(12)19/h2-7,9,13,20H,8,10H2,1H3. The molecule has 0 aromatic heterocycles. The summed E-state index contributed by atoms with van der Waals surface area (Å²) in [7, 11) is 1.80. The highest BCUT2D eigenvalue weighted by atomic mass is 19.1. The van der Waals surface area contributed by atoms with Gasteiger partial charge in [-0.15, -0.1) is 0 Å². The van der Waals surface area contributed by atoms with Crippen molar-refractivity contribution in [2.45, 2.75) is 12.3 Å². The van der Waals surface area contributed by atoms with E-state index in [2.05, 4.69) is 5.32 Å². The fraction of sp³-hybridized carbons (Fsp3) is 0.250. The molecule has 2 rings (SSSR count). The maximum absolute atomic E-state index is 13.7. The lowest BCUT2D eigenvalue weighted by Crippen LogP contribution is -2.19. The molecule has 0 aliphatic carbocycles. The highest BCUT2D eigenvalue weighted by molar-refractivity contribution is 5.26. The van der Waals surface area contributed by atoms with Gasteiger partial charge in [0.2, 0.25) is 0 Å². The number of rotatable bonds is 5. The van der Waals surface area contributed by atoms with Crippen molar-refractivity contribution in [3.05, 3.63) is 71.0 Å². The predicted octanol–water partition coefficient (Wildman–Crippen LogP) is 3.65. The Balaban J connectivity index is 2.22. The van der Waals surface area contributed by atoms with E-state index in [4.69, 9.17) is 0 Å². The van der Waals surface area contributed by atoms with E-state index in [9.17, 15) is 13.2 Å². The highest BCUT2D eigenvalue weighted by Crippen LogP contribution is 2.22. The Morgan fingerprint density at radius 2 is 1.60 bits per heavy atom. The molecule has 0 heterocycles. The van der Waals surface area contributed by atoms with Crippen LogP contribution in [0.1, 0.15) is 17.0 Å². The van der Waals surface area contributed by atoms with Crippen LogP contribution in [0.5, 0.6) is 0 Å². The smallest absolute Gasteiger partial charge is 0.129 e. The first kappa shape index (κ1) is 14.6. The van der Waals surface area contributed by atoms with E-state index in [1.165, 1.54) is 24.3 Å². The second kappa shape index (κ2) is 6.57. The van der Waals surface area contributed by atoms with Gasteiger partial charge in [0.25, 0.3) is 0 Å². The second-order valence-electron chi connectivity index (χ2n) is 4.75. The molecule has 2 aromatic carbocycles. The van der Waals surface area contributed by atoms with Crippen molar-refractivity contribution in [2.24, 2.45) is 0 Å². The lowest BCUT2D eigenvalue weighted by atomic mass is 9.91. The molecule has 4 heteroatoms. The molecule has 106 valence electrons. The second-order valence-corrected chi connectivity index (χ2v) is 4.75. The molecule has 1 atom stereocenters. The van der Waals surface area contributed by atoms with Crippen LogP contribution in [0.2, 0.25) is 0 Å². The molecule has 0 saturated carbocycles. The number of likely N-dealkylation sites (N-methyl/N-ethyl adjacent to an activating group) is 1. The lowest BCUT2D eigenvalue weighted by Gasteiger charge is -2.17. The minimum absolute atomic E-state index is 0.000520. The van der Waals surface area contributed by atoms with Gasteiger partial charge in [-0.2, -0.15) is 0 Å². The summed E-state index contributed by atoms with van der Waals surface area (Å²) >= 11 is 0. The zero-order valence-corrected chi connectivity index (χ0v) is 11.2. The molecule has 0 aliphatic heterocycles. The van der Waals surface area contributed by atoms with Crippen molar-refractivity contribution in [1.82, 2.24) is 5.32 Å². The average molecular weight is 279 g/mol. The third-order valence-electron chi connectivity index (χ3n) is 3.27. The number of benzene rings is 2. The molecule has 0 aliphatic rings. The summed E-state index contributed by atoms with van der Waals surface area (Å²) in [6.45, 7) is 0.627. The summed E-state index contributed by atoms with van der Waals surface area (Å²) in [5.74, 6) is -1.43. The van der Waals surface area contributed by atoms with E-state index in [1.54, 1.807) is 19.2 Å². The normalized spacial score (nSPS) is 12.4. The molecule has 2 aromatic rings. The Bertz CT molecular complexity index is 566. The topological polar surface area (TPSA) is 12.0 Å². The lowest BCUT2D eigenvalue weighted by molar-refractivity contribution is 0.553. The molecule has 1 N–H and O–H groups in total. The zero-order chi connectivity index (χ0) is 14.5. The SMILES string of the molecule is CNCC(Cc1ccc(F)cc1F)c1ccc(F)cc1. The highest BCUT2D eigenvalue weighted by Gasteiger charge is 2.14. The predicted molar refractivity (Wildman–Crippen MR) is 73.1 cm³/mol. The summed E-state index contributed by atoms with van der Waals surface area (Å²) in [5.41, 5.74) is 1.38. The van der Waals surface area contributed by atoms with Gasteiger partial charge < -0.3 is 5.32 Å². The summed E-state index contributed by atoms with van der Waals surface area (Å²) in [6, 6.07) is 9.75. The number of hydrogen-bond acceptors (Lipinski definition) is 1. The Kier molecular flexibility index (Phi) is 4.79. The molecule has 20 heavy (non-hydrogen) atoms. The van der Waals surface area contributed by atoms with Crippen molar-refractivity contribution < 1.29 is 13.2 Å². The summed E-state index contributed by atoms with van der Waals surface area (Å²) < 4.78 is 39.6. The summed E-state index contributed by atoms with van der Waals surface area (Å²) in [5, 5.41) is 3.04. The van der Waals surface area contributed by atoms with Crippen molar-refractivity contribution in [3.63, 3.8) is 0 Å². The number of hydrogen-bond donors (Lipinski definition) is 1. The Hall–Kier alpha value is -1.81. The van der Waals surface area contributed by atoms with Gasteiger partial charge in [0.15, 0.2) is 0 Å². The van der Waals surface area contributed by atoms with Crippen LogP contribution < -0.4 is 5.32 Å². The Morgan fingerprint density at radius 1 is 0.950 bits per heavy atom. The van der Waals surface area contributed by atoms with E-state index in [1.807, 2.05) is 0 Å². The molecule has 1 unspecified atom stereocenters. The van der Waals surface area contributed by atoms with E-state index >= 15 is 0 Å². The van der Waals surface area contributed by atoms with Gasteiger partial charge in [0.05, 0.1) is 0 Å². The quantitative estimate of drug-likeness (QED) is 0.881. The number of halogens is 3. The van der Waals surface area contributed by atoms with Gasteiger partial charge in [0.1, 0.15) is 17.5 Å². The maximum atomic E-state index is 13.7. The minimum Gasteiger partial charge on any atom is -0.319 e. The van der Waals surface area contributed by atoms with E-state index in [0.717, 1.165) is 11.6 Å². The molecule has 1 nitrogen and oxygen atoms in total. The van der Waals surface area contributed by atoms with Crippen LogP contribution in [0, 0.1) is 17.5 Å². The first-order valence-electron chi connectivity index (χ1n) is 6.44. The fourth-order valence-corrected chi connectivity index (χ4v) is 2.24. The van der Waals surface area contributed by atoms with Crippen LogP contribution >= 0.6 is 0 Å². The average Bonchev–Trinajstić information content (AvgIpc) is 2.42. The van der Waals surface area contributed by atoms with E-state index < -0.39 is 11.6 Å². The molecule has 0 bridgehead atoms. The van der Waals surface area contributed by atoms with Crippen LogP contribution in [0.15, 0.2) is 42.5 Å². The van der Waals surface area contributed by atoms with Gasteiger partial charge >= 0.3 is 0 Å². The third-order valence-corrected chi connectivity index (χ3v) is 3.27. The van der Waals surface area contributed by atoms with Crippen LogP contribution in [-0.4, -0.2) is 13.6 Å². The van der Waals surface area contributed by atoms with Crippen LogP contribution in [0.4, 0.5) is 13.2 Å². The maximum Gasteiger partial charge on any atom is 0.129 e. The van der Waals surface area contributed by atoms with Crippen LogP contribution in [0.3, 0.4) is 0 Å². The molecule has 0 fully saturated rings. The first-order chi connectivity index (χ1) is 9.60. The zero-order valence-electron chi connectivity index (χ0n) is 11.2. The largest absolute Gasteiger partial charge is 0.319 e. The summed E-state index contributed by atoms with van der Waals surface area (Å²) in [4.78, 5) is 0. The molecular formula is C16H16F3N. The van der Waals surface area contributed by atoms with Crippen molar-refractivity contribution >= 4 is 0 Å².